The van der Waals surface area contributed by atoms with Gasteiger partial charge >= 0.3 is 0 Å². The van der Waals surface area contributed by atoms with Gasteiger partial charge in [0.1, 0.15) is 5.82 Å². The van der Waals surface area contributed by atoms with Gasteiger partial charge < -0.3 is 10.1 Å². The van der Waals surface area contributed by atoms with Crippen molar-refractivity contribution in [1.29, 1.82) is 0 Å². The number of aryl methyl sites for hydroxylation is 1. The van der Waals surface area contributed by atoms with E-state index in [1.54, 1.807) is 12.1 Å². The summed E-state index contributed by atoms with van der Waals surface area (Å²) in [6, 6.07) is 4.79. The maximum Gasteiger partial charge on any atom is 0.254 e. The molecule has 0 aliphatic carbocycles. The van der Waals surface area contributed by atoms with Crippen LogP contribution in [0.4, 0.5) is 4.39 Å². The Morgan fingerprint density at radius 3 is 2.81 bits per heavy atom. The van der Waals surface area contributed by atoms with Crippen LogP contribution < -0.4 is 5.32 Å². The van der Waals surface area contributed by atoms with Crippen LogP contribution in [0.3, 0.4) is 0 Å². The van der Waals surface area contributed by atoms with Crippen molar-refractivity contribution in [2.45, 2.75) is 19.8 Å². The van der Waals surface area contributed by atoms with E-state index in [9.17, 15) is 9.18 Å². The molecule has 0 bridgehead atoms. The Morgan fingerprint density at radius 2 is 2.14 bits per heavy atom. The standard InChI is InChI=1S/C16H23FN2O2/c1-2-13-4-5-14(15(17)12-13)16(20)18-6-3-7-19-8-10-21-11-9-19/h4-5,12H,2-3,6-11H2,1H3,(H,18,20). The number of amides is 1. The number of morpholine rings is 1. The topological polar surface area (TPSA) is 41.6 Å². The second-order valence-corrected chi connectivity index (χ2v) is 5.23. The molecule has 0 atom stereocenters. The molecule has 0 unspecified atom stereocenters. The summed E-state index contributed by atoms with van der Waals surface area (Å²) in [6.07, 6.45) is 1.62. The Bertz CT molecular complexity index is 473. The summed E-state index contributed by atoms with van der Waals surface area (Å²) in [5.74, 6) is -0.780. The fraction of sp³-hybridized carbons (Fsp3) is 0.562. The molecule has 0 aromatic heterocycles. The van der Waals surface area contributed by atoms with Crippen molar-refractivity contribution < 1.29 is 13.9 Å². The van der Waals surface area contributed by atoms with Gasteiger partial charge in [0.2, 0.25) is 0 Å². The smallest absolute Gasteiger partial charge is 0.254 e. The van der Waals surface area contributed by atoms with Crippen LogP contribution in [-0.4, -0.2) is 50.2 Å². The molecule has 1 N–H and O–H groups in total. The lowest BCUT2D eigenvalue weighted by atomic mass is 10.1. The Hall–Kier alpha value is -1.46. The first-order valence-electron chi connectivity index (χ1n) is 7.57. The summed E-state index contributed by atoms with van der Waals surface area (Å²) in [5.41, 5.74) is 1.02. The number of ether oxygens (including phenoxy) is 1. The molecule has 5 heteroatoms. The molecule has 1 aliphatic rings. The highest BCUT2D eigenvalue weighted by molar-refractivity contribution is 5.94. The predicted molar refractivity (Wildman–Crippen MR) is 80.0 cm³/mol. The zero-order valence-electron chi connectivity index (χ0n) is 12.5. The summed E-state index contributed by atoms with van der Waals surface area (Å²) in [7, 11) is 0. The molecule has 0 radical (unpaired) electrons. The van der Waals surface area contributed by atoms with E-state index in [2.05, 4.69) is 10.2 Å². The second-order valence-electron chi connectivity index (χ2n) is 5.23. The van der Waals surface area contributed by atoms with Gasteiger partial charge in [-0.1, -0.05) is 13.0 Å². The van der Waals surface area contributed by atoms with Crippen molar-refractivity contribution in [3.63, 3.8) is 0 Å². The first-order valence-corrected chi connectivity index (χ1v) is 7.57. The van der Waals surface area contributed by atoms with Crippen LogP contribution in [0.15, 0.2) is 18.2 Å². The fourth-order valence-electron chi connectivity index (χ4n) is 2.39. The zero-order valence-corrected chi connectivity index (χ0v) is 12.5. The van der Waals surface area contributed by atoms with Gasteiger partial charge in [0.05, 0.1) is 18.8 Å². The van der Waals surface area contributed by atoms with E-state index in [-0.39, 0.29) is 11.5 Å². The van der Waals surface area contributed by atoms with E-state index in [1.165, 1.54) is 6.07 Å². The number of nitrogens with one attached hydrogen (secondary N) is 1. The monoisotopic (exact) mass is 294 g/mol. The maximum atomic E-state index is 13.8. The van der Waals surface area contributed by atoms with E-state index in [1.807, 2.05) is 6.92 Å². The Labute approximate surface area is 125 Å². The summed E-state index contributed by atoms with van der Waals surface area (Å²) in [4.78, 5) is 14.2. The number of carbonyl (C=O) groups is 1. The average molecular weight is 294 g/mol. The molecular weight excluding hydrogens is 271 g/mol. The SMILES string of the molecule is CCc1ccc(C(=O)NCCCN2CCOCC2)c(F)c1. The van der Waals surface area contributed by atoms with E-state index in [0.717, 1.165) is 51.3 Å². The minimum atomic E-state index is -0.444. The van der Waals surface area contributed by atoms with Gasteiger partial charge in [0, 0.05) is 19.6 Å². The third-order valence-electron chi connectivity index (χ3n) is 3.73. The first-order chi connectivity index (χ1) is 10.2. The number of nitrogens with zero attached hydrogens (tertiary/aromatic N) is 1. The Morgan fingerprint density at radius 1 is 1.38 bits per heavy atom. The van der Waals surface area contributed by atoms with Gasteiger partial charge in [-0.2, -0.15) is 0 Å². The van der Waals surface area contributed by atoms with E-state index >= 15 is 0 Å². The van der Waals surface area contributed by atoms with Gasteiger partial charge in [0.25, 0.3) is 5.91 Å². The van der Waals surface area contributed by atoms with Crippen molar-refractivity contribution in [2.75, 3.05) is 39.4 Å². The van der Waals surface area contributed by atoms with Crippen LogP contribution in [0.2, 0.25) is 0 Å². The summed E-state index contributed by atoms with van der Waals surface area (Å²) in [6.45, 7) is 6.90. The van der Waals surface area contributed by atoms with Crippen molar-refractivity contribution in [3.05, 3.63) is 35.1 Å². The third kappa shape index (κ3) is 4.79. The quantitative estimate of drug-likeness (QED) is 0.814. The molecule has 1 heterocycles. The van der Waals surface area contributed by atoms with Crippen LogP contribution in [0.25, 0.3) is 0 Å². The van der Waals surface area contributed by atoms with Crippen LogP contribution in [0.5, 0.6) is 0 Å². The average Bonchev–Trinajstić information content (AvgIpc) is 2.52. The minimum absolute atomic E-state index is 0.124. The van der Waals surface area contributed by atoms with E-state index in [0.29, 0.717) is 6.54 Å². The minimum Gasteiger partial charge on any atom is -0.379 e. The fourth-order valence-corrected chi connectivity index (χ4v) is 2.39. The molecular formula is C16H23FN2O2. The number of carbonyl (C=O) groups excluding carboxylic acids is 1. The summed E-state index contributed by atoms with van der Waals surface area (Å²) < 4.78 is 19.1. The van der Waals surface area contributed by atoms with Crippen molar-refractivity contribution in [2.24, 2.45) is 0 Å². The van der Waals surface area contributed by atoms with E-state index in [4.69, 9.17) is 4.74 Å². The van der Waals surface area contributed by atoms with Crippen LogP contribution in [-0.2, 0) is 11.2 Å². The molecule has 116 valence electrons. The summed E-state index contributed by atoms with van der Waals surface area (Å²) >= 11 is 0. The summed E-state index contributed by atoms with van der Waals surface area (Å²) in [5, 5.41) is 2.78. The van der Waals surface area contributed by atoms with Gasteiger partial charge in [-0.3, -0.25) is 9.69 Å². The molecule has 0 saturated carbocycles. The van der Waals surface area contributed by atoms with Crippen LogP contribution in [0, 0.1) is 5.82 Å². The highest BCUT2D eigenvalue weighted by Gasteiger charge is 2.12. The van der Waals surface area contributed by atoms with Gasteiger partial charge in [-0.25, -0.2) is 4.39 Å². The molecule has 1 amide bonds. The number of halogens is 1. The van der Waals surface area contributed by atoms with Crippen LogP contribution >= 0.6 is 0 Å². The number of benzene rings is 1. The Balaban J connectivity index is 1.74. The van der Waals surface area contributed by atoms with Gasteiger partial charge in [-0.05, 0) is 37.1 Å². The van der Waals surface area contributed by atoms with E-state index < -0.39 is 5.82 Å². The lowest BCUT2D eigenvalue weighted by Crippen LogP contribution is -2.38. The molecule has 1 fully saturated rings. The molecule has 1 aliphatic heterocycles. The van der Waals surface area contributed by atoms with Gasteiger partial charge in [0.15, 0.2) is 0 Å². The number of hydrogen-bond acceptors (Lipinski definition) is 3. The molecule has 4 nitrogen and oxygen atoms in total. The Kier molecular flexibility index (Phi) is 6.14. The van der Waals surface area contributed by atoms with Crippen molar-refractivity contribution in [3.8, 4) is 0 Å². The first kappa shape index (κ1) is 15.9. The van der Waals surface area contributed by atoms with Gasteiger partial charge in [-0.15, -0.1) is 0 Å². The molecule has 1 saturated heterocycles. The zero-order chi connectivity index (χ0) is 15.1. The van der Waals surface area contributed by atoms with Crippen molar-refractivity contribution in [1.82, 2.24) is 10.2 Å². The van der Waals surface area contributed by atoms with Crippen molar-refractivity contribution >= 4 is 5.91 Å². The lowest BCUT2D eigenvalue weighted by molar-refractivity contribution is 0.0374. The third-order valence-corrected chi connectivity index (χ3v) is 3.73. The molecule has 1 aromatic rings. The molecule has 2 rings (SSSR count). The second kappa shape index (κ2) is 8.10. The number of rotatable bonds is 6. The largest absolute Gasteiger partial charge is 0.379 e. The predicted octanol–water partition coefficient (Wildman–Crippen LogP) is 1.84. The lowest BCUT2D eigenvalue weighted by Gasteiger charge is -2.26. The molecule has 1 aromatic carbocycles. The maximum absolute atomic E-state index is 13.8. The highest BCUT2D eigenvalue weighted by atomic mass is 19.1. The highest BCUT2D eigenvalue weighted by Crippen LogP contribution is 2.11. The molecule has 0 spiro atoms. The van der Waals surface area contributed by atoms with Crippen LogP contribution in [0.1, 0.15) is 29.3 Å². The normalized spacial score (nSPS) is 15.9. The molecule has 21 heavy (non-hydrogen) atoms. The number of hydrogen-bond donors (Lipinski definition) is 1.